The summed E-state index contributed by atoms with van der Waals surface area (Å²) in [6, 6.07) is 13.9. The van der Waals surface area contributed by atoms with Gasteiger partial charge in [0.25, 0.3) is 5.91 Å². The molecule has 162 valence electrons. The SMILES string of the molecule is Cc1ccc(CSCC(=O)Nc2ccc(NC(=O)c3ccco3)cc2C(F)(F)F)cc1. The number of hydrogen-bond donors (Lipinski definition) is 2. The number of amides is 2. The van der Waals surface area contributed by atoms with Gasteiger partial charge in [-0.3, -0.25) is 9.59 Å². The predicted octanol–water partition coefficient (Wildman–Crippen LogP) is 5.73. The van der Waals surface area contributed by atoms with Crippen LogP contribution in [0.1, 0.15) is 27.2 Å². The van der Waals surface area contributed by atoms with Gasteiger partial charge in [-0.15, -0.1) is 11.8 Å². The highest BCUT2D eigenvalue weighted by Gasteiger charge is 2.34. The molecule has 0 atom stereocenters. The van der Waals surface area contributed by atoms with E-state index in [2.05, 4.69) is 10.6 Å². The van der Waals surface area contributed by atoms with Crippen LogP contribution in [0.5, 0.6) is 0 Å². The summed E-state index contributed by atoms with van der Waals surface area (Å²) in [5.74, 6) is -0.686. The predicted molar refractivity (Wildman–Crippen MR) is 114 cm³/mol. The lowest BCUT2D eigenvalue weighted by Gasteiger charge is -2.15. The van der Waals surface area contributed by atoms with E-state index in [0.29, 0.717) is 5.75 Å². The summed E-state index contributed by atoms with van der Waals surface area (Å²) in [5, 5.41) is 4.65. The second-order valence-corrected chi connectivity index (χ2v) is 7.70. The van der Waals surface area contributed by atoms with Crippen LogP contribution in [0.25, 0.3) is 0 Å². The summed E-state index contributed by atoms with van der Waals surface area (Å²) in [6.45, 7) is 1.97. The Balaban J connectivity index is 1.64. The first-order valence-corrected chi connectivity index (χ1v) is 10.4. The van der Waals surface area contributed by atoms with Crippen molar-refractivity contribution in [2.75, 3.05) is 16.4 Å². The molecule has 31 heavy (non-hydrogen) atoms. The van der Waals surface area contributed by atoms with Crippen molar-refractivity contribution in [1.82, 2.24) is 0 Å². The summed E-state index contributed by atoms with van der Waals surface area (Å²) in [5.41, 5.74) is 0.650. The van der Waals surface area contributed by atoms with E-state index >= 15 is 0 Å². The number of alkyl halides is 3. The van der Waals surface area contributed by atoms with E-state index in [-0.39, 0.29) is 22.9 Å². The molecule has 0 aliphatic heterocycles. The lowest BCUT2D eigenvalue weighted by atomic mass is 10.1. The highest BCUT2D eigenvalue weighted by Crippen LogP contribution is 2.36. The Labute approximate surface area is 181 Å². The number of rotatable bonds is 7. The van der Waals surface area contributed by atoms with Crippen LogP contribution in [0.3, 0.4) is 0 Å². The summed E-state index contributed by atoms with van der Waals surface area (Å²) in [7, 11) is 0. The average molecular weight is 448 g/mol. The number of anilines is 2. The maximum atomic E-state index is 13.5. The molecular formula is C22H19F3N2O3S. The van der Waals surface area contributed by atoms with E-state index in [1.54, 1.807) is 0 Å². The Hall–Kier alpha value is -3.20. The number of benzene rings is 2. The third kappa shape index (κ3) is 6.39. The van der Waals surface area contributed by atoms with Crippen LogP contribution in [0, 0.1) is 6.92 Å². The first-order valence-electron chi connectivity index (χ1n) is 9.21. The fraction of sp³-hybridized carbons (Fsp3) is 0.182. The quantitative estimate of drug-likeness (QED) is 0.484. The van der Waals surface area contributed by atoms with Gasteiger partial charge in [-0.25, -0.2) is 0 Å². The number of hydrogen-bond acceptors (Lipinski definition) is 4. The monoisotopic (exact) mass is 448 g/mol. The van der Waals surface area contributed by atoms with Gasteiger partial charge in [-0.1, -0.05) is 29.8 Å². The zero-order chi connectivity index (χ0) is 22.4. The normalized spacial score (nSPS) is 11.2. The standard InChI is InChI=1S/C22H19F3N2O3S/c1-14-4-6-15(7-5-14)12-31-13-20(28)27-18-9-8-16(11-17(18)22(23,24)25)26-21(29)19-3-2-10-30-19/h2-11H,12-13H2,1H3,(H,26,29)(H,27,28). The van der Waals surface area contributed by atoms with Crippen LogP contribution in [0.15, 0.2) is 65.3 Å². The Bertz CT molecular complexity index is 1050. The number of nitrogens with one attached hydrogen (secondary N) is 2. The van der Waals surface area contributed by atoms with E-state index in [4.69, 9.17) is 4.42 Å². The molecule has 0 aliphatic carbocycles. The van der Waals surface area contributed by atoms with Gasteiger partial charge < -0.3 is 15.1 Å². The molecule has 9 heteroatoms. The molecule has 3 rings (SSSR count). The van der Waals surface area contributed by atoms with E-state index in [0.717, 1.165) is 23.3 Å². The number of aryl methyl sites for hydroxylation is 1. The molecule has 2 N–H and O–H groups in total. The molecule has 3 aromatic rings. The molecule has 5 nitrogen and oxygen atoms in total. The molecule has 1 aromatic heterocycles. The molecule has 0 spiro atoms. The summed E-state index contributed by atoms with van der Waals surface area (Å²) in [4.78, 5) is 24.2. The number of carbonyl (C=O) groups is 2. The van der Waals surface area contributed by atoms with Crippen molar-refractivity contribution in [2.24, 2.45) is 0 Å². The van der Waals surface area contributed by atoms with E-state index in [9.17, 15) is 22.8 Å². The Kier molecular flexibility index (Phi) is 7.06. The first kappa shape index (κ1) is 22.5. The van der Waals surface area contributed by atoms with Crippen LogP contribution >= 0.6 is 11.8 Å². The first-order chi connectivity index (χ1) is 14.7. The smallest absolute Gasteiger partial charge is 0.418 e. The molecule has 0 saturated heterocycles. The van der Waals surface area contributed by atoms with Gasteiger partial charge in [0, 0.05) is 11.4 Å². The number of halogens is 3. The summed E-state index contributed by atoms with van der Waals surface area (Å²) in [6.07, 6.45) is -3.44. The van der Waals surface area contributed by atoms with Gasteiger partial charge in [0.15, 0.2) is 5.76 Å². The molecule has 0 fully saturated rings. The topological polar surface area (TPSA) is 71.3 Å². The van der Waals surface area contributed by atoms with Crippen molar-refractivity contribution in [3.63, 3.8) is 0 Å². The summed E-state index contributed by atoms with van der Waals surface area (Å²) >= 11 is 1.30. The lowest BCUT2D eigenvalue weighted by molar-refractivity contribution is -0.136. The van der Waals surface area contributed by atoms with E-state index < -0.39 is 23.6 Å². The minimum absolute atomic E-state index is 0.00214. The van der Waals surface area contributed by atoms with Gasteiger partial charge in [-0.05, 0) is 42.8 Å². The van der Waals surface area contributed by atoms with Crippen LogP contribution in [0.2, 0.25) is 0 Å². The molecule has 0 saturated carbocycles. The van der Waals surface area contributed by atoms with E-state index in [1.165, 1.54) is 36.2 Å². The number of furan rings is 1. The lowest BCUT2D eigenvalue weighted by Crippen LogP contribution is -2.19. The van der Waals surface area contributed by atoms with Crippen LogP contribution in [-0.4, -0.2) is 17.6 Å². The van der Waals surface area contributed by atoms with Gasteiger partial charge in [0.1, 0.15) is 0 Å². The molecule has 0 unspecified atom stereocenters. The van der Waals surface area contributed by atoms with Crippen molar-refractivity contribution in [3.8, 4) is 0 Å². The molecule has 1 heterocycles. The number of thioether (sulfide) groups is 1. The van der Waals surface area contributed by atoms with Gasteiger partial charge >= 0.3 is 6.18 Å². The van der Waals surface area contributed by atoms with Gasteiger partial charge in [0.05, 0.1) is 23.3 Å². The molecule has 0 radical (unpaired) electrons. The van der Waals surface area contributed by atoms with Crippen molar-refractivity contribution < 1.29 is 27.2 Å². The maximum absolute atomic E-state index is 13.5. The average Bonchev–Trinajstić information content (AvgIpc) is 3.25. The maximum Gasteiger partial charge on any atom is 0.418 e. The molecule has 0 bridgehead atoms. The molecular weight excluding hydrogens is 429 g/mol. The van der Waals surface area contributed by atoms with Crippen LogP contribution in [0.4, 0.5) is 24.5 Å². The fourth-order valence-corrected chi connectivity index (χ4v) is 3.49. The largest absolute Gasteiger partial charge is 0.459 e. The van der Waals surface area contributed by atoms with Crippen molar-refractivity contribution in [2.45, 2.75) is 18.9 Å². The third-order valence-corrected chi connectivity index (χ3v) is 5.23. The Morgan fingerprint density at radius 3 is 2.42 bits per heavy atom. The molecule has 2 aromatic carbocycles. The van der Waals surface area contributed by atoms with Crippen molar-refractivity contribution in [1.29, 1.82) is 0 Å². The van der Waals surface area contributed by atoms with E-state index in [1.807, 2.05) is 31.2 Å². The fourth-order valence-electron chi connectivity index (χ4n) is 2.70. The van der Waals surface area contributed by atoms with Crippen LogP contribution < -0.4 is 10.6 Å². The minimum atomic E-state index is -4.72. The Morgan fingerprint density at radius 1 is 1.03 bits per heavy atom. The van der Waals surface area contributed by atoms with Gasteiger partial charge in [-0.2, -0.15) is 13.2 Å². The minimum Gasteiger partial charge on any atom is -0.459 e. The second kappa shape index (κ2) is 9.74. The molecule has 2 amide bonds. The number of carbonyl (C=O) groups excluding carboxylic acids is 2. The summed E-state index contributed by atoms with van der Waals surface area (Å²) < 4.78 is 45.4. The zero-order valence-corrected chi connectivity index (χ0v) is 17.3. The van der Waals surface area contributed by atoms with Crippen molar-refractivity contribution >= 4 is 35.0 Å². The van der Waals surface area contributed by atoms with Crippen molar-refractivity contribution in [3.05, 3.63) is 83.3 Å². The molecule has 0 aliphatic rings. The Morgan fingerprint density at radius 2 is 1.77 bits per heavy atom. The third-order valence-electron chi connectivity index (χ3n) is 4.22. The van der Waals surface area contributed by atoms with Crippen LogP contribution in [-0.2, 0) is 16.7 Å². The zero-order valence-electron chi connectivity index (χ0n) is 16.5. The highest BCUT2D eigenvalue weighted by molar-refractivity contribution is 7.99. The second-order valence-electron chi connectivity index (χ2n) is 6.72. The van der Waals surface area contributed by atoms with Gasteiger partial charge in [0.2, 0.25) is 5.91 Å². The highest BCUT2D eigenvalue weighted by atomic mass is 32.2.